The molecule has 1 atom stereocenters. The van der Waals surface area contributed by atoms with E-state index in [0.717, 1.165) is 11.4 Å². The lowest BCUT2D eigenvalue weighted by molar-refractivity contribution is -0.123. The van der Waals surface area contributed by atoms with Crippen LogP contribution < -0.4 is 10.6 Å². The third-order valence-electron chi connectivity index (χ3n) is 3.74. The van der Waals surface area contributed by atoms with E-state index in [0.29, 0.717) is 13.0 Å². The number of rotatable bonds is 4. The zero-order chi connectivity index (χ0) is 15.0. The minimum absolute atomic E-state index is 0.0935. The number of carbonyl (C=O) groups excluding carboxylic acids is 1. The van der Waals surface area contributed by atoms with Gasteiger partial charge in [0, 0.05) is 25.8 Å². The minimum atomic E-state index is -3.22. The van der Waals surface area contributed by atoms with Gasteiger partial charge in [-0.1, -0.05) is 0 Å². The van der Waals surface area contributed by atoms with Crippen LogP contribution in [0, 0.1) is 0 Å². The van der Waals surface area contributed by atoms with Gasteiger partial charge >= 0.3 is 0 Å². The summed E-state index contributed by atoms with van der Waals surface area (Å²) in [6, 6.07) is -0.374. The van der Waals surface area contributed by atoms with Crippen LogP contribution in [0.25, 0.3) is 0 Å². The highest BCUT2D eigenvalue weighted by atomic mass is 32.2. The first-order valence-corrected chi connectivity index (χ1v) is 8.32. The van der Waals surface area contributed by atoms with Crippen molar-refractivity contribution < 1.29 is 13.2 Å². The monoisotopic (exact) mass is 300 g/mol. The maximum Gasteiger partial charge on any atom is 0.237 e. The second kappa shape index (κ2) is 5.17. The molecule has 7 nitrogen and oxygen atoms in total. The Labute approximate surface area is 118 Å². The number of aromatic amines is 1. The first-order valence-electron chi connectivity index (χ1n) is 6.42. The van der Waals surface area contributed by atoms with Crippen molar-refractivity contribution in [2.45, 2.75) is 37.6 Å². The average Bonchev–Trinajstić information content (AvgIpc) is 2.81. The Balaban J connectivity index is 1.94. The number of nitrogens with zero attached hydrogens (tertiary/aromatic N) is 1. The second-order valence-corrected chi connectivity index (χ2v) is 8.36. The number of carbonyl (C=O) groups is 1. The number of H-pyrrole nitrogens is 1. The molecule has 0 aliphatic carbocycles. The van der Waals surface area contributed by atoms with Crippen LogP contribution >= 0.6 is 0 Å². The van der Waals surface area contributed by atoms with Crippen LogP contribution in [0.2, 0.25) is 0 Å². The fraction of sp³-hybridized carbons (Fsp3) is 0.667. The fourth-order valence-electron chi connectivity index (χ4n) is 1.91. The van der Waals surface area contributed by atoms with Crippen molar-refractivity contribution in [2.75, 3.05) is 12.8 Å². The van der Waals surface area contributed by atoms with Crippen LogP contribution in [0.4, 0.5) is 0 Å². The lowest BCUT2D eigenvalue weighted by Gasteiger charge is -2.26. The van der Waals surface area contributed by atoms with E-state index in [9.17, 15) is 13.2 Å². The fourth-order valence-corrected chi connectivity index (χ4v) is 2.24. The number of nitrogens with one attached hydrogen (secondary N) is 3. The smallest absolute Gasteiger partial charge is 0.237 e. The van der Waals surface area contributed by atoms with Gasteiger partial charge in [0.15, 0.2) is 9.84 Å². The Hall–Kier alpha value is -1.41. The van der Waals surface area contributed by atoms with Crippen LogP contribution in [-0.2, 0) is 27.6 Å². The molecule has 0 bridgehead atoms. The van der Waals surface area contributed by atoms with E-state index < -0.39 is 14.6 Å². The van der Waals surface area contributed by atoms with E-state index >= 15 is 0 Å². The second-order valence-electron chi connectivity index (χ2n) is 5.72. The molecule has 112 valence electrons. The largest absolute Gasteiger partial charge is 0.353 e. The van der Waals surface area contributed by atoms with Gasteiger partial charge in [-0.05, 0) is 13.8 Å². The van der Waals surface area contributed by atoms with Crippen LogP contribution in [0.3, 0.4) is 0 Å². The third-order valence-corrected chi connectivity index (χ3v) is 5.89. The van der Waals surface area contributed by atoms with E-state index in [1.165, 1.54) is 6.26 Å². The molecular formula is C12H20N4O3S. The summed E-state index contributed by atoms with van der Waals surface area (Å²) < 4.78 is 22.2. The number of sulfone groups is 1. The number of hydrogen-bond donors (Lipinski definition) is 3. The first kappa shape index (κ1) is 15.0. The summed E-state index contributed by atoms with van der Waals surface area (Å²) in [5.74, 6) is -0.199. The Morgan fingerprint density at radius 1 is 1.55 bits per heavy atom. The molecule has 1 aliphatic heterocycles. The summed E-state index contributed by atoms with van der Waals surface area (Å²) in [6.45, 7) is 3.85. The van der Waals surface area contributed by atoms with Gasteiger partial charge in [-0.15, -0.1) is 0 Å². The zero-order valence-electron chi connectivity index (χ0n) is 11.9. The lowest BCUT2D eigenvalue weighted by atomic mass is 10.0. The Kier molecular flexibility index (Phi) is 3.88. The summed E-state index contributed by atoms with van der Waals surface area (Å²) in [7, 11) is -3.22. The maximum absolute atomic E-state index is 12.1. The predicted molar refractivity (Wildman–Crippen MR) is 74.9 cm³/mol. The first-order chi connectivity index (χ1) is 9.21. The van der Waals surface area contributed by atoms with Crippen LogP contribution in [0.15, 0.2) is 6.33 Å². The van der Waals surface area contributed by atoms with E-state index in [4.69, 9.17) is 0 Å². The number of imidazole rings is 1. The summed E-state index contributed by atoms with van der Waals surface area (Å²) in [5, 5.41) is 5.81. The summed E-state index contributed by atoms with van der Waals surface area (Å²) in [6.07, 6.45) is 3.29. The van der Waals surface area contributed by atoms with Gasteiger partial charge in [0.05, 0.1) is 28.5 Å². The SMILES string of the molecule is CC(C)(CNC(=O)C1Cc2nc[nH]c2CN1)S(C)(=O)=O. The van der Waals surface area contributed by atoms with Crippen molar-refractivity contribution >= 4 is 15.7 Å². The van der Waals surface area contributed by atoms with Gasteiger partial charge in [0.2, 0.25) is 5.91 Å². The molecule has 8 heteroatoms. The van der Waals surface area contributed by atoms with Gasteiger partial charge in [0.25, 0.3) is 0 Å². The van der Waals surface area contributed by atoms with Gasteiger partial charge in [-0.25, -0.2) is 13.4 Å². The minimum Gasteiger partial charge on any atom is -0.353 e. The van der Waals surface area contributed by atoms with Crippen molar-refractivity contribution in [1.82, 2.24) is 20.6 Å². The molecule has 1 aliphatic rings. The molecule has 0 saturated heterocycles. The quantitative estimate of drug-likeness (QED) is 0.686. The van der Waals surface area contributed by atoms with Crippen LogP contribution in [0.1, 0.15) is 25.2 Å². The highest BCUT2D eigenvalue weighted by molar-refractivity contribution is 7.92. The molecule has 2 heterocycles. The Morgan fingerprint density at radius 3 is 2.90 bits per heavy atom. The van der Waals surface area contributed by atoms with Gasteiger partial charge in [-0.2, -0.15) is 0 Å². The molecule has 1 aromatic heterocycles. The molecule has 1 amide bonds. The van der Waals surface area contributed by atoms with Crippen LogP contribution in [0.5, 0.6) is 0 Å². The van der Waals surface area contributed by atoms with E-state index in [2.05, 4.69) is 20.6 Å². The van der Waals surface area contributed by atoms with Gasteiger partial charge < -0.3 is 10.3 Å². The number of hydrogen-bond acceptors (Lipinski definition) is 5. The summed E-state index contributed by atoms with van der Waals surface area (Å²) in [5.41, 5.74) is 1.87. The Bertz CT molecular complexity index is 606. The van der Waals surface area contributed by atoms with E-state index in [-0.39, 0.29) is 18.5 Å². The zero-order valence-corrected chi connectivity index (χ0v) is 12.7. The molecular weight excluding hydrogens is 280 g/mol. The molecule has 0 aromatic carbocycles. The maximum atomic E-state index is 12.1. The molecule has 0 saturated carbocycles. The summed E-state index contributed by atoms with van der Waals surface area (Å²) in [4.78, 5) is 19.3. The topological polar surface area (TPSA) is 104 Å². The molecule has 0 spiro atoms. The standard InChI is InChI=1S/C12H20N4O3S/c1-12(2,20(3,18)19)6-14-11(17)9-4-8-10(5-13-9)16-7-15-8/h7,9,13H,4-6H2,1-3H3,(H,14,17)(H,15,16). The lowest BCUT2D eigenvalue weighted by Crippen LogP contribution is -2.52. The van der Waals surface area contributed by atoms with Gasteiger partial charge in [-0.3, -0.25) is 10.1 Å². The van der Waals surface area contributed by atoms with Crippen molar-refractivity contribution in [3.8, 4) is 0 Å². The van der Waals surface area contributed by atoms with E-state index in [1.807, 2.05) is 0 Å². The average molecular weight is 300 g/mol. The molecule has 1 unspecified atom stereocenters. The molecule has 0 fully saturated rings. The van der Waals surface area contributed by atoms with E-state index in [1.54, 1.807) is 20.2 Å². The molecule has 1 aromatic rings. The third kappa shape index (κ3) is 3.01. The molecule has 0 radical (unpaired) electrons. The molecule has 3 N–H and O–H groups in total. The number of aromatic nitrogens is 2. The van der Waals surface area contributed by atoms with Crippen molar-refractivity contribution in [1.29, 1.82) is 0 Å². The normalized spacial score (nSPS) is 19.4. The highest BCUT2D eigenvalue weighted by Gasteiger charge is 2.32. The highest BCUT2D eigenvalue weighted by Crippen LogP contribution is 2.15. The number of amides is 1. The summed E-state index contributed by atoms with van der Waals surface area (Å²) >= 11 is 0. The molecule has 20 heavy (non-hydrogen) atoms. The molecule has 2 rings (SSSR count). The van der Waals surface area contributed by atoms with Crippen molar-refractivity contribution in [2.24, 2.45) is 0 Å². The number of fused-ring (bicyclic) bond motifs is 1. The van der Waals surface area contributed by atoms with Crippen LogP contribution in [-0.4, -0.2) is 47.9 Å². The van der Waals surface area contributed by atoms with Crippen molar-refractivity contribution in [3.63, 3.8) is 0 Å². The predicted octanol–water partition coefficient (Wildman–Crippen LogP) is -0.637. The van der Waals surface area contributed by atoms with Crippen molar-refractivity contribution in [3.05, 3.63) is 17.7 Å². The van der Waals surface area contributed by atoms with Gasteiger partial charge in [0.1, 0.15) is 0 Å². The Morgan fingerprint density at radius 2 is 2.25 bits per heavy atom.